The predicted octanol–water partition coefficient (Wildman–Crippen LogP) is 1.28. The first-order valence-electron chi connectivity index (χ1n) is 4.28. The van der Waals surface area contributed by atoms with Gasteiger partial charge in [-0.25, -0.2) is 4.98 Å². The molecule has 0 aliphatic carbocycles. The summed E-state index contributed by atoms with van der Waals surface area (Å²) in [6.45, 7) is 0.660. The molecule has 0 aromatic carbocycles. The van der Waals surface area contributed by atoms with Crippen LogP contribution in [-0.4, -0.2) is 24.5 Å². The Hall–Kier alpha value is -1.13. The lowest BCUT2D eigenvalue weighted by Gasteiger charge is -2.03. The smallest absolute Gasteiger partial charge is 0.225 e. The summed E-state index contributed by atoms with van der Waals surface area (Å²) in [5.41, 5.74) is 0.663. The van der Waals surface area contributed by atoms with E-state index in [-0.39, 0.29) is 5.91 Å². The Morgan fingerprint density at radius 3 is 2.93 bits per heavy atom. The third kappa shape index (κ3) is 3.72. The molecule has 2 N–H and O–H groups in total. The van der Waals surface area contributed by atoms with E-state index in [2.05, 4.69) is 15.6 Å². The lowest BCUT2D eigenvalue weighted by atomic mass is 10.3. The molecular weight excluding hydrogens is 202 g/mol. The Morgan fingerprint density at radius 2 is 2.36 bits per heavy atom. The quantitative estimate of drug-likeness (QED) is 0.741. The van der Waals surface area contributed by atoms with Gasteiger partial charge in [-0.3, -0.25) is 4.79 Å². The first kappa shape index (κ1) is 10.9. The number of carbonyl (C=O) groups excluding carboxylic acids is 1. The van der Waals surface area contributed by atoms with Gasteiger partial charge in [-0.1, -0.05) is 11.6 Å². The summed E-state index contributed by atoms with van der Waals surface area (Å²) in [6.07, 6.45) is 1.97. The topological polar surface area (TPSA) is 54.0 Å². The highest BCUT2D eigenvalue weighted by molar-refractivity contribution is 6.29. The number of hydrogen-bond acceptors (Lipinski definition) is 3. The number of rotatable bonds is 4. The molecule has 0 radical (unpaired) electrons. The van der Waals surface area contributed by atoms with Gasteiger partial charge in [-0.05, 0) is 19.2 Å². The van der Waals surface area contributed by atoms with Crippen LogP contribution in [0.15, 0.2) is 18.3 Å². The highest BCUT2D eigenvalue weighted by atomic mass is 35.5. The van der Waals surface area contributed by atoms with E-state index in [1.54, 1.807) is 19.2 Å². The third-order valence-electron chi connectivity index (χ3n) is 1.61. The van der Waals surface area contributed by atoms with Gasteiger partial charge in [0.1, 0.15) is 5.15 Å². The van der Waals surface area contributed by atoms with Crippen molar-refractivity contribution in [2.24, 2.45) is 0 Å². The molecule has 0 fully saturated rings. The number of anilines is 1. The summed E-state index contributed by atoms with van der Waals surface area (Å²) in [5, 5.41) is 6.01. The second-order valence-electron chi connectivity index (χ2n) is 2.77. The Labute approximate surface area is 87.7 Å². The Morgan fingerprint density at radius 1 is 1.57 bits per heavy atom. The third-order valence-corrected chi connectivity index (χ3v) is 1.84. The van der Waals surface area contributed by atoms with Crippen molar-refractivity contribution in [1.82, 2.24) is 10.3 Å². The number of amides is 1. The summed E-state index contributed by atoms with van der Waals surface area (Å²) in [5.74, 6) is -0.0385. The molecule has 0 unspecified atom stereocenters. The highest BCUT2D eigenvalue weighted by Gasteiger charge is 2.00. The van der Waals surface area contributed by atoms with Gasteiger partial charge in [0, 0.05) is 13.0 Å². The first-order valence-corrected chi connectivity index (χ1v) is 4.66. The first-order chi connectivity index (χ1) is 6.72. The molecule has 0 saturated carbocycles. The van der Waals surface area contributed by atoms with Crippen LogP contribution >= 0.6 is 11.6 Å². The molecular formula is C9H12ClN3O. The molecule has 14 heavy (non-hydrogen) atoms. The van der Waals surface area contributed by atoms with Crippen LogP contribution < -0.4 is 10.6 Å². The van der Waals surface area contributed by atoms with E-state index in [9.17, 15) is 4.79 Å². The van der Waals surface area contributed by atoms with Gasteiger partial charge in [0.25, 0.3) is 0 Å². The fraction of sp³-hybridized carbons (Fsp3) is 0.333. The van der Waals surface area contributed by atoms with Crippen molar-refractivity contribution in [3.63, 3.8) is 0 Å². The predicted molar refractivity (Wildman–Crippen MR) is 56.4 cm³/mol. The second kappa shape index (κ2) is 5.57. The lowest BCUT2D eigenvalue weighted by molar-refractivity contribution is -0.116. The average molecular weight is 214 g/mol. The number of halogens is 1. The van der Waals surface area contributed by atoms with Crippen LogP contribution in [0.5, 0.6) is 0 Å². The highest BCUT2D eigenvalue weighted by Crippen LogP contribution is 2.09. The molecule has 0 aliphatic heterocycles. The van der Waals surface area contributed by atoms with Crippen molar-refractivity contribution in [1.29, 1.82) is 0 Å². The van der Waals surface area contributed by atoms with Crippen LogP contribution in [0.2, 0.25) is 5.15 Å². The molecule has 4 nitrogen and oxygen atoms in total. The molecule has 1 aromatic heterocycles. The molecule has 76 valence electrons. The molecule has 1 rings (SSSR count). The van der Waals surface area contributed by atoms with Gasteiger partial charge in [-0.15, -0.1) is 0 Å². The van der Waals surface area contributed by atoms with Crippen LogP contribution in [0.3, 0.4) is 0 Å². The monoisotopic (exact) mass is 213 g/mol. The maximum atomic E-state index is 11.2. The average Bonchev–Trinajstić information content (AvgIpc) is 2.18. The van der Waals surface area contributed by atoms with Crippen molar-refractivity contribution in [3.05, 3.63) is 23.5 Å². The minimum atomic E-state index is -0.0385. The number of nitrogens with one attached hydrogen (secondary N) is 2. The SMILES string of the molecule is CNCCC(=O)Nc1ccc(Cl)nc1. The zero-order valence-electron chi connectivity index (χ0n) is 7.88. The van der Waals surface area contributed by atoms with Gasteiger partial charge in [0.2, 0.25) is 5.91 Å². The fourth-order valence-electron chi connectivity index (χ4n) is 0.912. The number of nitrogens with zero attached hydrogens (tertiary/aromatic N) is 1. The molecule has 1 heterocycles. The van der Waals surface area contributed by atoms with Crippen molar-refractivity contribution in [3.8, 4) is 0 Å². The van der Waals surface area contributed by atoms with Gasteiger partial charge < -0.3 is 10.6 Å². The largest absolute Gasteiger partial charge is 0.325 e. The molecule has 0 atom stereocenters. The Kier molecular flexibility index (Phi) is 4.35. The molecule has 1 aromatic rings. The number of aromatic nitrogens is 1. The van der Waals surface area contributed by atoms with Crippen molar-refractivity contribution < 1.29 is 4.79 Å². The maximum Gasteiger partial charge on any atom is 0.225 e. The van der Waals surface area contributed by atoms with Crippen molar-refractivity contribution >= 4 is 23.2 Å². The molecule has 0 spiro atoms. The summed E-state index contributed by atoms with van der Waals surface area (Å²) in [6, 6.07) is 3.35. The Balaban J connectivity index is 2.44. The maximum absolute atomic E-state index is 11.2. The van der Waals surface area contributed by atoms with Crippen LogP contribution in [-0.2, 0) is 4.79 Å². The van der Waals surface area contributed by atoms with Crippen molar-refractivity contribution in [2.45, 2.75) is 6.42 Å². The van der Waals surface area contributed by atoms with Gasteiger partial charge in [0.15, 0.2) is 0 Å². The van der Waals surface area contributed by atoms with Crippen LogP contribution in [0.25, 0.3) is 0 Å². The van der Waals surface area contributed by atoms with E-state index >= 15 is 0 Å². The number of pyridine rings is 1. The number of hydrogen-bond donors (Lipinski definition) is 2. The second-order valence-corrected chi connectivity index (χ2v) is 3.16. The standard InChI is InChI=1S/C9H12ClN3O/c1-11-5-4-9(14)13-7-2-3-8(10)12-6-7/h2-3,6,11H,4-5H2,1H3,(H,13,14). The van der Waals surface area contributed by atoms with Crippen LogP contribution in [0.4, 0.5) is 5.69 Å². The molecule has 0 saturated heterocycles. The van der Waals surface area contributed by atoms with Gasteiger partial charge >= 0.3 is 0 Å². The molecule has 0 aliphatic rings. The number of carbonyl (C=O) groups is 1. The van der Waals surface area contributed by atoms with E-state index in [0.717, 1.165) is 0 Å². The zero-order chi connectivity index (χ0) is 10.4. The van der Waals surface area contributed by atoms with E-state index in [0.29, 0.717) is 23.8 Å². The zero-order valence-corrected chi connectivity index (χ0v) is 8.64. The van der Waals surface area contributed by atoms with E-state index in [1.807, 2.05) is 0 Å². The summed E-state index contributed by atoms with van der Waals surface area (Å²) >= 11 is 5.60. The van der Waals surface area contributed by atoms with Gasteiger partial charge in [0.05, 0.1) is 11.9 Å². The molecule has 5 heteroatoms. The Bertz CT molecular complexity index is 299. The van der Waals surface area contributed by atoms with Crippen LogP contribution in [0, 0.1) is 0 Å². The van der Waals surface area contributed by atoms with Crippen molar-refractivity contribution in [2.75, 3.05) is 18.9 Å². The lowest BCUT2D eigenvalue weighted by Crippen LogP contribution is -2.18. The molecule has 1 amide bonds. The van der Waals surface area contributed by atoms with E-state index < -0.39 is 0 Å². The minimum absolute atomic E-state index is 0.0385. The van der Waals surface area contributed by atoms with E-state index in [1.165, 1.54) is 6.20 Å². The summed E-state index contributed by atoms with van der Waals surface area (Å²) in [4.78, 5) is 15.1. The van der Waals surface area contributed by atoms with E-state index in [4.69, 9.17) is 11.6 Å². The normalized spacial score (nSPS) is 9.86. The molecule has 0 bridgehead atoms. The minimum Gasteiger partial charge on any atom is -0.325 e. The summed E-state index contributed by atoms with van der Waals surface area (Å²) in [7, 11) is 1.80. The van der Waals surface area contributed by atoms with Crippen LogP contribution in [0.1, 0.15) is 6.42 Å². The fourth-order valence-corrected chi connectivity index (χ4v) is 1.02. The summed E-state index contributed by atoms with van der Waals surface area (Å²) < 4.78 is 0. The van der Waals surface area contributed by atoms with Gasteiger partial charge in [-0.2, -0.15) is 0 Å².